The first-order valence-corrected chi connectivity index (χ1v) is 11.3. The summed E-state index contributed by atoms with van der Waals surface area (Å²) in [6.45, 7) is 5.66. The molecule has 33 heavy (non-hydrogen) atoms. The van der Waals surface area contributed by atoms with E-state index in [1.54, 1.807) is 45.0 Å². The maximum atomic E-state index is 12.6. The predicted molar refractivity (Wildman–Crippen MR) is 122 cm³/mol. The minimum Gasteiger partial charge on any atom is -0.484 e. The fraction of sp³-hybridized carbons (Fsp3) is 0.609. The highest BCUT2D eigenvalue weighted by Gasteiger charge is 2.69. The number of halogens is 1. The maximum absolute atomic E-state index is 12.6. The second kappa shape index (κ2) is 9.77. The third-order valence-corrected chi connectivity index (χ3v) is 5.83. The van der Waals surface area contributed by atoms with E-state index in [0.717, 1.165) is 0 Å². The number of hydrogen-bond acceptors (Lipinski definition) is 6. The zero-order valence-electron chi connectivity index (χ0n) is 19.5. The van der Waals surface area contributed by atoms with E-state index < -0.39 is 11.7 Å². The molecule has 0 atom stereocenters. The van der Waals surface area contributed by atoms with Gasteiger partial charge in [-0.05, 0) is 64.3 Å². The van der Waals surface area contributed by atoms with Gasteiger partial charge in [0.1, 0.15) is 17.9 Å². The van der Waals surface area contributed by atoms with Gasteiger partial charge in [-0.25, -0.2) is 4.79 Å². The van der Waals surface area contributed by atoms with Gasteiger partial charge in [-0.3, -0.25) is 14.5 Å². The van der Waals surface area contributed by atoms with Crippen LogP contribution in [-0.2, 0) is 19.1 Å². The molecule has 3 aliphatic rings. The Morgan fingerprint density at radius 3 is 2.15 bits per heavy atom. The summed E-state index contributed by atoms with van der Waals surface area (Å²) in [7, 11) is 1.53. The summed E-state index contributed by atoms with van der Waals surface area (Å²) in [5.74, 6) is 0.0989. The maximum Gasteiger partial charge on any atom is 0.410 e. The van der Waals surface area contributed by atoms with Crippen molar-refractivity contribution in [2.75, 3.05) is 33.4 Å². The molecule has 0 heterocycles. The van der Waals surface area contributed by atoms with Crippen molar-refractivity contribution in [1.82, 2.24) is 15.5 Å². The number of rotatable bonds is 10. The molecule has 2 N–H and O–H groups in total. The van der Waals surface area contributed by atoms with Crippen molar-refractivity contribution >= 4 is 29.5 Å². The Balaban J connectivity index is 1.41. The Kier molecular flexibility index (Phi) is 7.43. The smallest absolute Gasteiger partial charge is 0.410 e. The second-order valence-corrected chi connectivity index (χ2v) is 10.3. The number of amides is 3. The average molecular weight is 482 g/mol. The summed E-state index contributed by atoms with van der Waals surface area (Å²) in [5, 5.41) is 6.63. The Hall–Kier alpha value is -2.52. The van der Waals surface area contributed by atoms with Gasteiger partial charge in [0.15, 0.2) is 6.61 Å². The van der Waals surface area contributed by atoms with Gasteiger partial charge in [-0.2, -0.15) is 0 Å². The molecule has 10 heteroatoms. The zero-order valence-corrected chi connectivity index (χ0v) is 20.3. The molecular formula is C23H32ClN3O6. The molecule has 182 valence electrons. The fourth-order valence-electron chi connectivity index (χ4n) is 4.34. The Morgan fingerprint density at radius 1 is 1.03 bits per heavy atom. The Morgan fingerprint density at radius 2 is 1.61 bits per heavy atom. The second-order valence-electron chi connectivity index (χ2n) is 9.82. The van der Waals surface area contributed by atoms with E-state index in [2.05, 4.69) is 10.6 Å². The molecule has 0 radical (unpaired) electrons. The van der Waals surface area contributed by atoms with Gasteiger partial charge in [0, 0.05) is 29.8 Å². The van der Waals surface area contributed by atoms with Gasteiger partial charge in [0.2, 0.25) is 5.91 Å². The molecule has 2 bridgehead atoms. The van der Waals surface area contributed by atoms with Gasteiger partial charge in [-0.15, -0.1) is 0 Å². The molecule has 3 saturated carbocycles. The number of hydrogen-bond donors (Lipinski definition) is 2. The molecule has 3 fully saturated rings. The normalized spacial score (nSPS) is 22.9. The minimum atomic E-state index is -0.658. The largest absolute Gasteiger partial charge is 0.484 e. The lowest BCUT2D eigenvalue weighted by Gasteiger charge is -2.70. The highest BCUT2D eigenvalue weighted by Crippen LogP contribution is 2.60. The summed E-state index contributed by atoms with van der Waals surface area (Å²) in [6.07, 6.45) is 1.41. The topological polar surface area (TPSA) is 106 Å². The third-order valence-electron chi connectivity index (χ3n) is 5.57. The molecule has 0 saturated heterocycles. The van der Waals surface area contributed by atoms with Crippen LogP contribution in [0, 0.1) is 0 Å². The standard InChI is InChI=1S/C23H32ClN3O6/c1-21(2,3)33-20(30)27(9-10-31-4)11-18(28)25-22-13-23(14-22,15-22)26-19(29)12-32-17-7-5-16(24)6-8-17/h5-8H,9-15H2,1-4H3,(H,25,28)(H,26,29). The molecule has 0 aliphatic heterocycles. The van der Waals surface area contributed by atoms with Crippen LogP contribution >= 0.6 is 11.6 Å². The number of carbonyl (C=O) groups excluding carboxylic acids is 3. The minimum absolute atomic E-state index is 0.0902. The number of carbonyl (C=O) groups is 3. The van der Waals surface area contributed by atoms with E-state index in [9.17, 15) is 14.4 Å². The van der Waals surface area contributed by atoms with Crippen LogP contribution in [0.4, 0.5) is 4.79 Å². The molecule has 0 spiro atoms. The zero-order chi connectivity index (χ0) is 24.3. The van der Waals surface area contributed by atoms with E-state index in [1.807, 2.05) is 0 Å². The van der Waals surface area contributed by atoms with Crippen molar-refractivity contribution in [3.8, 4) is 5.75 Å². The van der Waals surface area contributed by atoms with E-state index in [-0.39, 0.29) is 42.6 Å². The lowest BCUT2D eigenvalue weighted by molar-refractivity contribution is -0.151. The van der Waals surface area contributed by atoms with Crippen molar-refractivity contribution in [3.05, 3.63) is 29.3 Å². The quantitative estimate of drug-likeness (QED) is 0.532. The highest BCUT2D eigenvalue weighted by molar-refractivity contribution is 6.30. The third kappa shape index (κ3) is 6.74. The van der Waals surface area contributed by atoms with Crippen LogP contribution in [0.1, 0.15) is 40.0 Å². The Bertz CT molecular complexity index is 863. The van der Waals surface area contributed by atoms with Crippen LogP contribution in [0.3, 0.4) is 0 Å². The van der Waals surface area contributed by atoms with E-state index in [1.165, 1.54) is 12.0 Å². The molecule has 0 aromatic heterocycles. The van der Waals surface area contributed by atoms with Gasteiger partial charge in [0.25, 0.3) is 5.91 Å². The van der Waals surface area contributed by atoms with Crippen molar-refractivity contribution in [1.29, 1.82) is 0 Å². The van der Waals surface area contributed by atoms with E-state index >= 15 is 0 Å². The van der Waals surface area contributed by atoms with Crippen LogP contribution in [0.15, 0.2) is 24.3 Å². The van der Waals surface area contributed by atoms with Crippen LogP contribution in [0.2, 0.25) is 5.02 Å². The number of ether oxygens (including phenoxy) is 3. The first kappa shape index (κ1) is 25.1. The average Bonchev–Trinajstić information content (AvgIpc) is 2.66. The number of benzene rings is 1. The first-order valence-electron chi connectivity index (χ1n) is 10.9. The van der Waals surface area contributed by atoms with Crippen molar-refractivity contribution in [2.45, 2.75) is 56.7 Å². The van der Waals surface area contributed by atoms with Gasteiger partial charge in [-0.1, -0.05) is 11.6 Å². The van der Waals surface area contributed by atoms with Crippen molar-refractivity contribution < 1.29 is 28.6 Å². The molecule has 0 unspecified atom stereocenters. The number of nitrogens with zero attached hydrogens (tertiary/aromatic N) is 1. The molecule has 3 amide bonds. The van der Waals surface area contributed by atoms with Crippen molar-refractivity contribution in [2.24, 2.45) is 0 Å². The van der Waals surface area contributed by atoms with E-state index in [0.29, 0.717) is 36.6 Å². The fourth-order valence-corrected chi connectivity index (χ4v) is 4.46. The lowest BCUT2D eigenvalue weighted by Crippen LogP contribution is -2.84. The summed E-state index contributed by atoms with van der Waals surface area (Å²) in [5.41, 5.74) is -1.29. The number of nitrogens with one attached hydrogen (secondary N) is 2. The molecule has 9 nitrogen and oxygen atoms in total. The van der Waals surface area contributed by atoms with Gasteiger partial charge < -0.3 is 24.8 Å². The lowest BCUT2D eigenvalue weighted by atomic mass is 9.44. The van der Waals surface area contributed by atoms with Crippen LogP contribution in [0.5, 0.6) is 5.75 Å². The predicted octanol–water partition coefficient (Wildman–Crippen LogP) is 2.51. The van der Waals surface area contributed by atoms with Crippen LogP contribution < -0.4 is 15.4 Å². The van der Waals surface area contributed by atoms with Crippen molar-refractivity contribution in [3.63, 3.8) is 0 Å². The summed E-state index contributed by atoms with van der Waals surface area (Å²) >= 11 is 5.84. The van der Waals surface area contributed by atoms with E-state index in [4.69, 9.17) is 25.8 Å². The monoisotopic (exact) mass is 481 g/mol. The molecule has 1 aromatic carbocycles. The van der Waals surface area contributed by atoms with Crippen LogP contribution in [-0.4, -0.2) is 72.9 Å². The summed E-state index contributed by atoms with van der Waals surface area (Å²) < 4.78 is 15.9. The molecule has 1 aromatic rings. The van der Waals surface area contributed by atoms with Crippen LogP contribution in [0.25, 0.3) is 0 Å². The van der Waals surface area contributed by atoms with Gasteiger partial charge in [0.05, 0.1) is 6.61 Å². The SMILES string of the molecule is COCCN(CC(=O)NC12CC(NC(=O)COc3ccc(Cl)cc3)(C1)C2)C(=O)OC(C)(C)C. The molecule has 3 aliphatic carbocycles. The number of methoxy groups -OCH3 is 1. The molecular weight excluding hydrogens is 450 g/mol. The molecule has 4 rings (SSSR count). The summed E-state index contributed by atoms with van der Waals surface area (Å²) in [6, 6.07) is 6.80. The summed E-state index contributed by atoms with van der Waals surface area (Å²) in [4.78, 5) is 38.6. The Labute approximate surface area is 199 Å². The highest BCUT2D eigenvalue weighted by atomic mass is 35.5. The first-order chi connectivity index (χ1) is 15.4. The van der Waals surface area contributed by atoms with Gasteiger partial charge >= 0.3 is 6.09 Å².